The standard InChI is InChI=1S/C13H16BrN3/c1-10-12(14)11-4-2-3-7-17(11)13(10)16-8-5-15-6-9-16/h2-4,7,15H,5-6,8-9H2,1H3. The number of nitrogens with one attached hydrogen (secondary N) is 1. The maximum Gasteiger partial charge on any atom is 0.117 e. The first-order valence-electron chi connectivity index (χ1n) is 6.00. The van der Waals surface area contributed by atoms with Crippen LogP contribution in [0.1, 0.15) is 5.56 Å². The van der Waals surface area contributed by atoms with E-state index in [2.05, 4.69) is 61.9 Å². The molecule has 0 radical (unpaired) electrons. The van der Waals surface area contributed by atoms with Gasteiger partial charge in [-0.05, 0) is 35.0 Å². The summed E-state index contributed by atoms with van der Waals surface area (Å²) in [6, 6.07) is 6.33. The van der Waals surface area contributed by atoms with Crippen LogP contribution >= 0.6 is 15.9 Å². The molecule has 1 saturated heterocycles. The molecule has 0 aliphatic carbocycles. The van der Waals surface area contributed by atoms with Crippen molar-refractivity contribution in [3.8, 4) is 0 Å². The summed E-state index contributed by atoms with van der Waals surface area (Å²) in [6.45, 7) is 6.48. The van der Waals surface area contributed by atoms with Crippen molar-refractivity contribution in [2.45, 2.75) is 6.92 Å². The summed E-state index contributed by atoms with van der Waals surface area (Å²) in [5.41, 5.74) is 2.58. The number of hydrogen-bond donors (Lipinski definition) is 1. The van der Waals surface area contributed by atoms with Crippen molar-refractivity contribution in [3.05, 3.63) is 34.4 Å². The minimum Gasteiger partial charge on any atom is -0.355 e. The quantitative estimate of drug-likeness (QED) is 0.871. The predicted octanol–water partition coefficient (Wildman–Crippen LogP) is 2.42. The Labute approximate surface area is 110 Å². The highest BCUT2D eigenvalue weighted by Crippen LogP contribution is 2.33. The van der Waals surface area contributed by atoms with Crippen molar-refractivity contribution in [2.24, 2.45) is 0 Å². The molecule has 0 unspecified atom stereocenters. The molecular weight excluding hydrogens is 278 g/mol. The monoisotopic (exact) mass is 293 g/mol. The Hall–Kier alpha value is -1.00. The summed E-state index contributed by atoms with van der Waals surface area (Å²) < 4.78 is 3.50. The molecule has 0 spiro atoms. The van der Waals surface area contributed by atoms with E-state index in [1.807, 2.05) is 0 Å². The number of halogens is 1. The van der Waals surface area contributed by atoms with Crippen molar-refractivity contribution in [3.63, 3.8) is 0 Å². The first-order valence-corrected chi connectivity index (χ1v) is 6.79. The van der Waals surface area contributed by atoms with Crippen molar-refractivity contribution < 1.29 is 0 Å². The second-order valence-electron chi connectivity index (χ2n) is 4.46. The van der Waals surface area contributed by atoms with E-state index in [1.54, 1.807) is 0 Å². The second kappa shape index (κ2) is 4.35. The van der Waals surface area contributed by atoms with Gasteiger partial charge < -0.3 is 14.6 Å². The zero-order valence-electron chi connectivity index (χ0n) is 9.91. The topological polar surface area (TPSA) is 19.7 Å². The number of fused-ring (bicyclic) bond motifs is 1. The zero-order chi connectivity index (χ0) is 11.8. The number of rotatable bonds is 1. The lowest BCUT2D eigenvalue weighted by Crippen LogP contribution is -2.44. The first kappa shape index (κ1) is 11.1. The molecule has 4 heteroatoms. The molecular formula is C13H16BrN3. The van der Waals surface area contributed by atoms with E-state index < -0.39 is 0 Å². The molecule has 0 atom stereocenters. The highest BCUT2D eigenvalue weighted by molar-refractivity contribution is 9.10. The number of pyridine rings is 1. The lowest BCUT2D eigenvalue weighted by Gasteiger charge is -2.29. The molecule has 2 aromatic rings. The molecule has 3 heterocycles. The molecule has 0 bridgehead atoms. The summed E-state index contributed by atoms with van der Waals surface area (Å²) in [5, 5.41) is 3.40. The van der Waals surface area contributed by atoms with Gasteiger partial charge in [0.1, 0.15) is 5.82 Å². The van der Waals surface area contributed by atoms with Crippen molar-refractivity contribution >= 4 is 27.3 Å². The Bertz CT molecular complexity index is 541. The summed E-state index contributed by atoms with van der Waals surface area (Å²) in [6.07, 6.45) is 2.14. The minimum absolute atomic E-state index is 1.07. The third-order valence-corrected chi connectivity index (χ3v) is 4.40. The van der Waals surface area contributed by atoms with Gasteiger partial charge in [-0.25, -0.2) is 0 Å². The normalized spacial score (nSPS) is 16.7. The molecule has 1 aliphatic rings. The maximum atomic E-state index is 3.71. The fraction of sp³-hybridized carbons (Fsp3) is 0.385. The maximum absolute atomic E-state index is 3.71. The zero-order valence-corrected chi connectivity index (χ0v) is 11.5. The van der Waals surface area contributed by atoms with Crippen LogP contribution in [0.5, 0.6) is 0 Å². The Balaban J connectivity index is 2.17. The van der Waals surface area contributed by atoms with Gasteiger partial charge in [-0.2, -0.15) is 0 Å². The van der Waals surface area contributed by atoms with E-state index in [0.29, 0.717) is 0 Å². The minimum atomic E-state index is 1.07. The molecule has 1 fully saturated rings. The van der Waals surface area contributed by atoms with E-state index in [0.717, 1.165) is 26.2 Å². The molecule has 90 valence electrons. The number of piperazine rings is 1. The average Bonchev–Trinajstić information content (AvgIpc) is 2.64. The third-order valence-electron chi connectivity index (χ3n) is 3.39. The molecule has 1 N–H and O–H groups in total. The predicted molar refractivity (Wildman–Crippen MR) is 74.9 cm³/mol. The smallest absolute Gasteiger partial charge is 0.117 e. The van der Waals surface area contributed by atoms with Crippen LogP contribution in [0.25, 0.3) is 5.52 Å². The van der Waals surface area contributed by atoms with E-state index in [9.17, 15) is 0 Å². The number of hydrogen-bond acceptors (Lipinski definition) is 2. The van der Waals surface area contributed by atoms with Crippen LogP contribution in [0.2, 0.25) is 0 Å². The van der Waals surface area contributed by atoms with Gasteiger partial charge in [0.25, 0.3) is 0 Å². The lowest BCUT2D eigenvalue weighted by atomic mass is 10.3. The van der Waals surface area contributed by atoms with E-state index in [-0.39, 0.29) is 0 Å². The summed E-state index contributed by atoms with van der Waals surface area (Å²) in [5.74, 6) is 1.33. The molecule has 2 aromatic heterocycles. The molecule has 0 amide bonds. The number of nitrogens with zero attached hydrogens (tertiary/aromatic N) is 2. The van der Waals surface area contributed by atoms with Gasteiger partial charge in [-0.1, -0.05) is 6.07 Å². The van der Waals surface area contributed by atoms with Crippen LogP contribution in [0, 0.1) is 6.92 Å². The van der Waals surface area contributed by atoms with Gasteiger partial charge in [0.15, 0.2) is 0 Å². The Morgan fingerprint density at radius 3 is 2.76 bits per heavy atom. The summed E-state index contributed by atoms with van der Waals surface area (Å²) in [7, 11) is 0. The average molecular weight is 294 g/mol. The lowest BCUT2D eigenvalue weighted by molar-refractivity contribution is 0.583. The fourth-order valence-corrected chi connectivity index (χ4v) is 3.04. The second-order valence-corrected chi connectivity index (χ2v) is 5.25. The Morgan fingerprint density at radius 2 is 2.00 bits per heavy atom. The summed E-state index contributed by atoms with van der Waals surface area (Å²) >= 11 is 3.71. The van der Waals surface area contributed by atoms with Gasteiger partial charge in [-0.15, -0.1) is 0 Å². The molecule has 0 saturated carbocycles. The highest BCUT2D eigenvalue weighted by atomic mass is 79.9. The molecule has 1 aliphatic heterocycles. The molecule has 0 aromatic carbocycles. The van der Waals surface area contributed by atoms with Gasteiger partial charge in [-0.3, -0.25) is 0 Å². The summed E-state index contributed by atoms with van der Waals surface area (Å²) in [4.78, 5) is 2.46. The van der Waals surface area contributed by atoms with Gasteiger partial charge in [0, 0.05) is 42.4 Å². The van der Waals surface area contributed by atoms with E-state index in [4.69, 9.17) is 0 Å². The van der Waals surface area contributed by atoms with Crippen LogP contribution in [-0.2, 0) is 0 Å². The van der Waals surface area contributed by atoms with Crippen molar-refractivity contribution in [1.29, 1.82) is 0 Å². The van der Waals surface area contributed by atoms with Crippen LogP contribution in [0.3, 0.4) is 0 Å². The van der Waals surface area contributed by atoms with Gasteiger partial charge in [0.2, 0.25) is 0 Å². The Morgan fingerprint density at radius 1 is 1.24 bits per heavy atom. The van der Waals surface area contributed by atoms with Crippen LogP contribution in [-0.4, -0.2) is 30.6 Å². The van der Waals surface area contributed by atoms with E-state index >= 15 is 0 Å². The number of aromatic nitrogens is 1. The van der Waals surface area contributed by atoms with Crippen LogP contribution < -0.4 is 10.2 Å². The molecule has 17 heavy (non-hydrogen) atoms. The van der Waals surface area contributed by atoms with Gasteiger partial charge in [0.05, 0.1) is 5.52 Å². The third kappa shape index (κ3) is 1.76. The largest absolute Gasteiger partial charge is 0.355 e. The van der Waals surface area contributed by atoms with Gasteiger partial charge >= 0.3 is 0 Å². The highest BCUT2D eigenvalue weighted by Gasteiger charge is 2.19. The molecule has 3 nitrogen and oxygen atoms in total. The Kier molecular flexibility index (Phi) is 2.84. The number of anilines is 1. The molecule has 3 rings (SSSR count). The van der Waals surface area contributed by atoms with E-state index in [1.165, 1.54) is 21.4 Å². The van der Waals surface area contributed by atoms with Crippen molar-refractivity contribution in [1.82, 2.24) is 9.72 Å². The fourth-order valence-electron chi connectivity index (χ4n) is 2.54. The van der Waals surface area contributed by atoms with Crippen LogP contribution in [0.15, 0.2) is 28.9 Å². The SMILES string of the molecule is Cc1c(Br)c2ccccn2c1N1CCNCC1. The van der Waals surface area contributed by atoms with Crippen molar-refractivity contribution in [2.75, 3.05) is 31.1 Å². The first-order chi connectivity index (χ1) is 8.29. The van der Waals surface area contributed by atoms with Crippen LogP contribution in [0.4, 0.5) is 5.82 Å².